The highest BCUT2D eigenvalue weighted by molar-refractivity contribution is 5.47. The number of nitrogens with two attached hydrogens (primary N) is 1. The van der Waals surface area contributed by atoms with E-state index < -0.39 is 0 Å². The molecule has 0 unspecified atom stereocenters. The lowest BCUT2D eigenvalue weighted by Gasteiger charge is -2.07. The topological polar surface area (TPSA) is 67.6 Å². The van der Waals surface area contributed by atoms with Gasteiger partial charge in [-0.05, 0) is 30.7 Å². The molecule has 74 valence electrons. The van der Waals surface area contributed by atoms with E-state index >= 15 is 0 Å². The first-order valence-corrected chi connectivity index (χ1v) is 4.52. The van der Waals surface area contributed by atoms with Crippen LogP contribution in [0.3, 0.4) is 0 Å². The summed E-state index contributed by atoms with van der Waals surface area (Å²) in [4.78, 5) is 4.22. The van der Waals surface area contributed by atoms with E-state index in [0.29, 0.717) is 11.4 Å². The Hall–Kier alpha value is -2.28. The first kappa shape index (κ1) is 9.28. The van der Waals surface area contributed by atoms with Crippen LogP contribution in [-0.2, 0) is 0 Å². The monoisotopic (exact) mass is 198 g/mol. The number of pyridine rings is 1. The van der Waals surface area contributed by atoms with Crippen molar-refractivity contribution >= 4 is 5.69 Å². The molecule has 4 heteroatoms. The summed E-state index contributed by atoms with van der Waals surface area (Å²) < 4.78 is 1.74. The van der Waals surface area contributed by atoms with Gasteiger partial charge in [-0.25, -0.2) is 4.98 Å². The van der Waals surface area contributed by atoms with E-state index in [1.807, 2.05) is 25.3 Å². The second-order valence-electron chi connectivity index (χ2n) is 3.28. The van der Waals surface area contributed by atoms with Crippen LogP contribution < -0.4 is 5.73 Å². The quantitative estimate of drug-likeness (QED) is 0.757. The minimum absolute atomic E-state index is 0.565. The van der Waals surface area contributed by atoms with Crippen molar-refractivity contribution in [3.05, 3.63) is 41.9 Å². The predicted octanol–water partition coefficient (Wildman–Crippen LogP) is 1.63. The smallest absolute Gasteiger partial charge is 0.140 e. The summed E-state index contributed by atoms with van der Waals surface area (Å²) in [5, 5.41) is 8.89. The number of anilines is 1. The second-order valence-corrected chi connectivity index (χ2v) is 3.28. The van der Waals surface area contributed by atoms with Gasteiger partial charge in [-0.15, -0.1) is 0 Å². The molecule has 0 saturated carbocycles. The van der Waals surface area contributed by atoms with Crippen molar-refractivity contribution in [1.29, 1.82) is 5.26 Å². The third-order valence-electron chi connectivity index (χ3n) is 2.16. The van der Waals surface area contributed by atoms with Gasteiger partial charge in [0, 0.05) is 6.20 Å². The number of nitriles is 1. The minimum Gasteiger partial charge on any atom is -0.397 e. The van der Waals surface area contributed by atoms with Crippen LogP contribution in [0.5, 0.6) is 0 Å². The van der Waals surface area contributed by atoms with E-state index in [2.05, 4.69) is 11.1 Å². The molecule has 0 amide bonds. The average Bonchev–Trinajstić information content (AvgIpc) is 2.65. The van der Waals surface area contributed by atoms with Gasteiger partial charge in [-0.2, -0.15) is 5.26 Å². The van der Waals surface area contributed by atoms with E-state index in [1.54, 1.807) is 16.8 Å². The number of hydrogen-bond acceptors (Lipinski definition) is 3. The molecule has 0 aliphatic rings. The summed E-state index contributed by atoms with van der Waals surface area (Å²) in [6, 6.07) is 7.51. The maximum atomic E-state index is 8.89. The normalized spacial score (nSPS) is 9.87. The van der Waals surface area contributed by atoms with Crippen molar-refractivity contribution in [3.8, 4) is 11.9 Å². The molecule has 0 bridgehead atoms. The van der Waals surface area contributed by atoms with Crippen LogP contribution in [0.25, 0.3) is 5.82 Å². The second kappa shape index (κ2) is 3.46. The Balaban J connectivity index is 2.60. The van der Waals surface area contributed by atoms with Crippen molar-refractivity contribution < 1.29 is 0 Å². The zero-order valence-electron chi connectivity index (χ0n) is 8.31. The summed E-state index contributed by atoms with van der Waals surface area (Å²) in [5.74, 6) is 0.741. The molecule has 2 aromatic heterocycles. The van der Waals surface area contributed by atoms with Crippen LogP contribution in [0.15, 0.2) is 30.6 Å². The van der Waals surface area contributed by atoms with Crippen molar-refractivity contribution in [2.24, 2.45) is 0 Å². The molecule has 2 aromatic rings. The van der Waals surface area contributed by atoms with Gasteiger partial charge >= 0.3 is 0 Å². The summed E-state index contributed by atoms with van der Waals surface area (Å²) in [5.41, 5.74) is 7.75. The van der Waals surface area contributed by atoms with Gasteiger partial charge in [-0.1, -0.05) is 0 Å². The van der Waals surface area contributed by atoms with E-state index in [9.17, 15) is 0 Å². The summed E-state index contributed by atoms with van der Waals surface area (Å²) >= 11 is 0. The summed E-state index contributed by atoms with van der Waals surface area (Å²) in [6.45, 7) is 1.92. The molecule has 4 nitrogen and oxygen atoms in total. The minimum atomic E-state index is 0.565. The Bertz CT molecular complexity index is 534. The third-order valence-corrected chi connectivity index (χ3v) is 2.16. The molecular formula is C11H10N4. The number of nitrogens with zero attached hydrogens (tertiary/aromatic N) is 3. The van der Waals surface area contributed by atoms with Crippen LogP contribution in [0.1, 0.15) is 11.3 Å². The first-order valence-electron chi connectivity index (χ1n) is 4.52. The molecule has 15 heavy (non-hydrogen) atoms. The highest BCUT2D eigenvalue weighted by Crippen LogP contribution is 2.16. The lowest BCUT2D eigenvalue weighted by Crippen LogP contribution is -2.02. The Labute approximate surface area is 87.6 Å². The van der Waals surface area contributed by atoms with Crippen molar-refractivity contribution in [3.63, 3.8) is 0 Å². The molecule has 0 spiro atoms. The molecule has 0 saturated heterocycles. The number of nitrogen functional groups attached to an aromatic ring is 1. The van der Waals surface area contributed by atoms with Gasteiger partial charge in [0.2, 0.25) is 0 Å². The van der Waals surface area contributed by atoms with Gasteiger partial charge in [-0.3, -0.25) is 4.57 Å². The number of aromatic nitrogens is 2. The molecule has 0 atom stereocenters. The Morgan fingerprint density at radius 2 is 2.33 bits per heavy atom. The molecule has 0 aromatic carbocycles. The zero-order chi connectivity index (χ0) is 10.8. The van der Waals surface area contributed by atoms with E-state index in [-0.39, 0.29) is 0 Å². The first-order chi connectivity index (χ1) is 7.22. The van der Waals surface area contributed by atoms with Crippen molar-refractivity contribution in [2.45, 2.75) is 6.92 Å². The zero-order valence-corrected chi connectivity index (χ0v) is 8.31. The standard InChI is InChI=1S/C11H10N4/c1-8-5-9(13)7-14-11(8)15-4-2-3-10(15)6-12/h2-5,7H,13H2,1H3. The van der Waals surface area contributed by atoms with Crippen LogP contribution in [0.2, 0.25) is 0 Å². The highest BCUT2D eigenvalue weighted by atomic mass is 15.1. The molecule has 2 rings (SSSR count). The SMILES string of the molecule is Cc1cc(N)cnc1-n1cccc1C#N. The van der Waals surface area contributed by atoms with Crippen molar-refractivity contribution in [1.82, 2.24) is 9.55 Å². The van der Waals surface area contributed by atoms with Gasteiger partial charge in [0.15, 0.2) is 0 Å². The van der Waals surface area contributed by atoms with Crippen molar-refractivity contribution in [2.75, 3.05) is 5.73 Å². The average molecular weight is 198 g/mol. The van der Waals surface area contributed by atoms with Crippen LogP contribution >= 0.6 is 0 Å². The van der Waals surface area contributed by atoms with Gasteiger partial charge in [0.1, 0.15) is 17.6 Å². The van der Waals surface area contributed by atoms with Gasteiger partial charge in [0.25, 0.3) is 0 Å². The molecule has 0 aliphatic heterocycles. The number of hydrogen-bond donors (Lipinski definition) is 1. The largest absolute Gasteiger partial charge is 0.397 e. The fraction of sp³-hybridized carbons (Fsp3) is 0.0909. The molecule has 0 aliphatic carbocycles. The summed E-state index contributed by atoms with van der Waals surface area (Å²) in [6.07, 6.45) is 3.40. The lowest BCUT2D eigenvalue weighted by molar-refractivity contribution is 0.972. The molecule has 0 fully saturated rings. The maximum absolute atomic E-state index is 8.89. The summed E-state index contributed by atoms with van der Waals surface area (Å²) in [7, 11) is 0. The van der Waals surface area contributed by atoms with Gasteiger partial charge in [0.05, 0.1) is 11.9 Å². The van der Waals surface area contributed by atoms with Crippen LogP contribution in [0.4, 0.5) is 5.69 Å². The van der Waals surface area contributed by atoms with Crippen LogP contribution in [0, 0.1) is 18.3 Å². The molecule has 2 N–H and O–H groups in total. The maximum Gasteiger partial charge on any atom is 0.140 e. The van der Waals surface area contributed by atoms with E-state index in [1.165, 1.54) is 0 Å². The fourth-order valence-corrected chi connectivity index (χ4v) is 1.50. The highest BCUT2D eigenvalue weighted by Gasteiger charge is 2.06. The van der Waals surface area contributed by atoms with Crippen LogP contribution in [-0.4, -0.2) is 9.55 Å². The van der Waals surface area contributed by atoms with Gasteiger partial charge < -0.3 is 5.73 Å². The van der Waals surface area contributed by atoms with E-state index in [0.717, 1.165) is 11.4 Å². The fourth-order valence-electron chi connectivity index (χ4n) is 1.50. The Morgan fingerprint density at radius 3 is 3.00 bits per heavy atom. The predicted molar refractivity (Wildman–Crippen MR) is 57.4 cm³/mol. The number of aryl methyl sites for hydroxylation is 1. The third kappa shape index (κ3) is 1.55. The molecular weight excluding hydrogens is 188 g/mol. The van der Waals surface area contributed by atoms with E-state index in [4.69, 9.17) is 11.0 Å². The Kier molecular flexibility index (Phi) is 2.14. The Morgan fingerprint density at radius 1 is 1.53 bits per heavy atom. The number of rotatable bonds is 1. The lowest BCUT2D eigenvalue weighted by atomic mass is 10.2. The molecule has 2 heterocycles. The molecule has 0 radical (unpaired) electrons.